The van der Waals surface area contributed by atoms with Crippen molar-refractivity contribution in [2.75, 3.05) is 7.11 Å². The van der Waals surface area contributed by atoms with Gasteiger partial charge in [-0.2, -0.15) is 0 Å². The first-order valence-corrected chi connectivity index (χ1v) is 10.7. The summed E-state index contributed by atoms with van der Waals surface area (Å²) in [5.41, 5.74) is 1.44. The van der Waals surface area contributed by atoms with E-state index in [1.54, 1.807) is 24.3 Å². The average molecular weight is 455 g/mol. The minimum absolute atomic E-state index is 0.0277. The Kier molecular flexibility index (Phi) is 7.07. The summed E-state index contributed by atoms with van der Waals surface area (Å²) in [7, 11) is 1.32. The molecule has 0 saturated carbocycles. The number of benzene rings is 1. The van der Waals surface area contributed by atoms with Gasteiger partial charge in [-0.05, 0) is 29.8 Å². The Morgan fingerprint density at radius 1 is 1.18 bits per heavy atom. The van der Waals surface area contributed by atoms with E-state index >= 15 is 0 Å². The molecule has 1 N–H and O–H groups in total. The summed E-state index contributed by atoms with van der Waals surface area (Å²) < 4.78 is 5.44. The molecule has 0 bridgehead atoms. The number of esters is 1. The molecule has 2 aromatic heterocycles. The van der Waals surface area contributed by atoms with Crippen molar-refractivity contribution in [2.24, 2.45) is 0 Å². The highest BCUT2D eigenvalue weighted by Gasteiger charge is 2.20. The van der Waals surface area contributed by atoms with Gasteiger partial charge in [0.25, 0.3) is 0 Å². The molecule has 1 aromatic carbocycles. The van der Waals surface area contributed by atoms with Gasteiger partial charge in [0.15, 0.2) is 0 Å². The minimum atomic E-state index is -0.508. The van der Waals surface area contributed by atoms with Crippen LogP contribution < -0.4 is 5.32 Å². The van der Waals surface area contributed by atoms with Gasteiger partial charge in [0.1, 0.15) is 5.01 Å². The normalized spacial score (nSPS) is 11.8. The summed E-state index contributed by atoms with van der Waals surface area (Å²) >= 11 is 14.8. The van der Waals surface area contributed by atoms with Crippen molar-refractivity contribution in [3.8, 4) is 9.88 Å². The summed E-state index contributed by atoms with van der Waals surface area (Å²) in [5, 5.41) is 6.13. The maximum atomic E-state index is 12.5. The second-order valence-electron chi connectivity index (χ2n) is 5.88. The highest BCUT2D eigenvalue weighted by Crippen LogP contribution is 2.33. The van der Waals surface area contributed by atoms with Gasteiger partial charge in [-0.1, -0.05) is 35.3 Å². The summed E-state index contributed by atoms with van der Waals surface area (Å²) in [6.07, 6.45) is 0.140. The van der Waals surface area contributed by atoms with Gasteiger partial charge in [-0.3, -0.25) is 9.59 Å². The first-order chi connectivity index (χ1) is 13.4. The Labute approximate surface area is 180 Å². The Bertz CT molecular complexity index is 970. The molecule has 0 fully saturated rings. The third-order valence-corrected chi connectivity index (χ3v) is 6.43. The Morgan fingerprint density at radius 2 is 1.93 bits per heavy atom. The summed E-state index contributed by atoms with van der Waals surface area (Å²) in [5.74, 6) is -0.643. The summed E-state index contributed by atoms with van der Waals surface area (Å²) in [6.45, 7) is 0. The minimum Gasteiger partial charge on any atom is -0.469 e. The molecule has 0 aliphatic heterocycles. The molecular weight excluding hydrogens is 439 g/mol. The fraction of sp³-hybridized carbons (Fsp3) is 0.211. The molecular formula is C19H16Cl2N2O3S2. The molecule has 2 heterocycles. The molecule has 0 radical (unpaired) electrons. The number of carbonyl (C=O) groups is 2. The molecule has 3 aromatic rings. The van der Waals surface area contributed by atoms with E-state index in [4.69, 9.17) is 27.9 Å². The SMILES string of the molecule is COC(=O)CC(NC(=O)Cc1csc(-c2ccc(Cl)s2)n1)c1ccc(Cl)cc1. The van der Waals surface area contributed by atoms with Crippen molar-refractivity contribution >= 4 is 57.8 Å². The monoisotopic (exact) mass is 454 g/mol. The van der Waals surface area contributed by atoms with Crippen LogP contribution in [0.2, 0.25) is 9.36 Å². The molecule has 0 spiro atoms. The highest BCUT2D eigenvalue weighted by atomic mass is 35.5. The van der Waals surface area contributed by atoms with Crippen LogP contribution in [0.1, 0.15) is 23.7 Å². The van der Waals surface area contributed by atoms with Gasteiger partial charge in [0, 0.05) is 10.4 Å². The predicted octanol–water partition coefficient (Wildman–Crippen LogP) is 5.14. The number of nitrogens with one attached hydrogen (secondary N) is 1. The zero-order valence-corrected chi connectivity index (χ0v) is 17.9. The average Bonchev–Trinajstić information content (AvgIpc) is 3.30. The van der Waals surface area contributed by atoms with Crippen LogP contribution in [0.3, 0.4) is 0 Å². The molecule has 5 nitrogen and oxygen atoms in total. The first-order valence-electron chi connectivity index (χ1n) is 8.26. The number of nitrogens with zero attached hydrogens (tertiary/aromatic N) is 1. The number of carbonyl (C=O) groups excluding carboxylic acids is 2. The number of methoxy groups -OCH3 is 1. The van der Waals surface area contributed by atoms with Crippen molar-refractivity contribution in [1.82, 2.24) is 10.3 Å². The lowest BCUT2D eigenvalue weighted by Crippen LogP contribution is -2.31. The number of ether oxygens (including phenoxy) is 1. The molecule has 1 unspecified atom stereocenters. The number of hydrogen-bond donors (Lipinski definition) is 1. The summed E-state index contributed by atoms with van der Waals surface area (Å²) in [6, 6.07) is 10.2. The topological polar surface area (TPSA) is 68.3 Å². The molecule has 146 valence electrons. The second kappa shape index (κ2) is 9.52. The van der Waals surface area contributed by atoms with Crippen molar-refractivity contribution in [3.63, 3.8) is 0 Å². The standard InChI is InChI=1S/C19H16Cl2N2O3S2/c1-26-18(25)9-14(11-2-4-12(20)5-3-11)23-17(24)8-13-10-27-19(22-13)15-6-7-16(21)28-15/h2-7,10,14H,8-9H2,1H3,(H,23,24). The molecule has 28 heavy (non-hydrogen) atoms. The molecule has 3 rings (SSSR count). The molecule has 0 saturated heterocycles. The molecule has 0 aliphatic rings. The zero-order valence-electron chi connectivity index (χ0n) is 14.8. The number of aromatic nitrogens is 1. The van der Waals surface area contributed by atoms with Crippen LogP contribution >= 0.6 is 45.9 Å². The molecule has 1 atom stereocenters. The lowest BCUT2D eigenvalue weighted by atomic mass is 10.0. The van der Waals surface area contributed by atoms with E-state index in [1.807, 2.05) is 17.5 Å². The summed E-state index contributed by atoms with van der Waals surface area (Å²) in [4.78, 5) is 29.8. The van der Waals surface area contributed by atoms with Gasteiger partial charge in [-0.25, -0.2) is 4.98 Å². The van der Waals surface area contributed by atoms with Crippen LogP contribution in [-0.4, -0.2) is 24.0 Å². The smallest absolute Gasteiger partial charge is 0.307 e. The largest absolute Gasteiger partial charge is 0.469 e. The van der Waals surface area contributed by atoms with Crippen LogP contribution in [0.25, 0.3) is 9.88 Å². The predicted molar refractivity (Wildman–Crippen MR) is 113 cm³/mol. The lowest BCUT2D eigenvalue weighted by molar-refractivity contribution is -0.141. The van der Waals surface area contributed by atoms with E-state index in [0.29, 0.717) is 15.1 Å². The van der Waals surface area contributed by atoms with E-state index in [1.165, 1.54) is 29.8 Å². The number of rotatable bonds is 7. The fourth-order valence-corrected chi connectivity index (χ4v) is 4.60. The molecule has 0 aliphatic carbocycles. The van der Waals surface area contributed by atoms with Gasteiger partial charge in [0.2, 0.25) is 5.91 Å². The van der Waals surface area contributed by atoms with Crippen LogP contribution in [0.15, 0.2) is 41.8 Å². The molecule has 1 amide bonds. The third-order valence-electron chi connectivity index (χ3n) is 3.88. The van der Waals surface area contributed by atoms with Crippen molar-refractivity contribution in [2.45, 2.75) is 18.9 Å². The fourth-order valence-electron chi connectivity index (χ4n) is 2.54. The number of halogens is 2. The highest BCUT2D eigenvalue weighted by molar-refractivity contribution is 7.23. The zero-order chi connectivity index (χ0) is 20.1. The number of amides is 1. The van der Waals surface area contributed by atoms with E-state index in [2.05, 4.69) is 10.3 Å². The first kappa shape index (κ1) is 20.8. The van der Waals surface area contributed by atoms with Crippen molar-refractivity contribution < 1.29 is 14.3 Å². The van der Waals surface area contributed by atoms with E-state index in [9.17, 15) is 9.59 Å². The van der Waals surface area contributed by atoms with Crippen LogP contribution in [0.4, 0.5) is 0 Å². The van der Waals surface area contributed by atoms with Gasteiger partial charge in [-0.15, -0.1) is 22.7 Å². The van der Waals surface area contributed by atoms with Crippen molar-refractivity contribution in [3.05, 3.63) is 62.4 Å². The third kappa shape index (κ3) is 5.54. The second-order valence-corrected chi connectivity index (χ2v) is 8.89. The number of hydrogen-bond acceptors (Lipinski definition) is 6. The molecule has 9 heteroatoms. The van der Waals surface area contributed by atoms with E-state index in [0.717, 1.165) is 15.4 Å². The van der Waals surface area contributed by atoms with Crippen LogP contribution in [0, 0.1) is 0 Å². The van der Waals surface area contributed by atoms with Gasteiger partial charge >= 0.3 is 5.97 Å². The number of thiazole rings is 1. The van der Waals surface area contributed by atoms with E-state index < -0.39 is 12.0 Å². The van der Waals surface area contributed by atoms with Crippen molar-refractivity contribution in [1.29, 1.82) is 0 Å². The Morgan fingerprint density at radius 3 is 2.57 bits per heavy atom. The van der Waals surface area contributed by atoms with E-state index in [-0.39, 0.29) is 18.7 Å². The maximum absolute atomic E-state index is 12.5. The Hall–Kier alpha value is -1.93. The van der Waals surface area contributed by atoms with Crippen LogP contribution in [0.5, 0.6) is 0 Å². The quantitative estimate of drug-likeness (QED) is 0.501. The van der Waals surface area contributed by atoms with Crippen LogP contribution in [-0.2, 0) is 20.7 Å². The maximum Gasteiger partial charge on any atom is 0.307 e. The van der Waals surface area contributed by atoms with Gasteiger partial charge in [0.05, 0.1) is 40.9 Å². The lowest BCUT2D eigenvalue weighted by Gasteiger charge is -2.18. The number of thiophene rings is 1. The Balaban J connectivity index is 1.68. The van der Waals surface area contributed by atoms with Gasteiger partial charge < -0.3 is 10.1 Å².